The molecule has 1 atom stereocenters. The number of hydrogen-bond donors (Lipinski definition) is 0. The molecule has 34 heavy (non-hydrogen) atoms. The second-order valence-electron chi connectivity index (χ2n) is 9.25. The van der Waals surface area contributed by atoms with Gasteiger partial charge in [0.25, 0.3) is 0 Å². The monoisotopic (exact) mass is 464 g/mol. The first-order chi connectivity index (χ1) is 16.6. The van der Waals surface area contributed by atoms with Gasteiger partial charge in [-0.05, 0) is 64.7 Å². The molecule has 3 heterocycles. The van der Waals surface area contributed by atoms with Crippen LogP contribution in [-0.4, -0.2) is 65.2 Å². The quantitative estimate of drug-likeness (QED) is 0.502. The maximum absolute atomic E-state index is 5.54. The summed E-state index contributed by atoms with van der Waals surface area (Å²) in [6.07, 6.45) is 1.00. The first kappa shape index (κ1) is 22.5. The minimum absolute atomic E-state index is 0.169. The Labute approximate surface area is 200 Å². The Morgan fingerprint density at radius 3 is 2.47 bits per heavy atom. The molecule has 9 heteroatoms. The summed E-state index contributed by atoms with van der Waals surface area (Å²) >= 11 is 0. The van der Waals surface area contributed by atoms with Crippen LogP contribution < -0.4 is 19.1 Å². The number of piperazine rings is 1. The van der Waals surface area contributed by atoms with Crippen molar-refractivity contribution < 1.29 is 14.2 Å². The van der Waals surface area contributed by atoms with Crippen molar-refractivity contribution in [3.8, 4) is 17.2 Å². The Morgan fingerprint density at radius 2 is 1.74 bits per heavy atom. The van der Waals surface area contributed by atoms with E-state index < -0.39 is 0 Å². The lowest BCUT2D eigenvalue weighted by Crippen LogP contribution is -2.48. The van der Waals surface area contributed by atoms with Crippen molar-refractivity contribution >= 4 is 5.69 Å². The number of hydrogen-bond acceptors (Lipinski definition) is 8. The molecule has 5 rings (SSSR count). The third-order valence-electron chi connectivity index (χ3n) is 6.51. The molecule has 0 amide bonds. The highest BCUT2D eigenvalue weighted by molar-refractivity contribution is 5.49. The standard InChI is InChI=1S/C25H32N6O3/c1-18(2)14-22(30-12-10-29(11-13-30)20-5-7-21(32-3)8-6-20)25-26-27-28-31(25)16-19-4-9-23-24(15-19)34-17-33-23/h4-9,15,18,22H,10-14,16-17H2,1-3H3/t22-/m1/s1. The lowest BCUT2D eigenvalue weighted by Gasteiger charge is -2.40. The molecule has 0 radical (unpaired) electrons. The van der Waals surface area contributed by atoms with Crippen molar-refractivity contribution in [2.24, 2.45) is 5.92 Å². The molecular formula is C25H32N6O3. The molecule has 2 aliphatic heterocycles. The zero-order valence-corrected chi connectivity index (χ0v) is 20.1. The summed E-state index contributed by atoms with van der Waals surface area (Å²) in [6, 6.07) is 14.5. The molecule has 0 saturated carbocycles. The SMILES string of the molecule is COc1ccc(N2CCN([C@H](CC(C)C)c3nnnn3Cc3ccc4c(c3)OCO4)CC2)cc1. The van der Waals surface area contributed by atoms with E-state index in [0.717, 1.165) is 61.2 Å². The van der Waals surface area contributed by atoms with Crippen molar-refractivity contribution in [1.29, 1.82) is 0 Å². The molecular weight excluding hydrogens is 432 g/mol. The summed E-state index contributed by atoms with van der Waals surface area (Å²) in [7, 11) is 1.70. The fourth-order valence-electron chi connectivity index (χ4n) is 4.72. The van der Waals surface area contributed by atoms with Gasteiger partial charge >= 0.3 is 0 Å². The number of benzene rings is 2. The summed E-state index contributed by atoms with van der Waals surface area (Å²) in [4.78, 5) is 4.96. The van der Waals surface area contributed by atoms with Gasteiger partial charge in [-0.15, -0.1) is 5.10 Å². The summed E-state index contributed by atoms with van der Waals surface area (Å²) in [5, 5.41) is 12.9. The largest absolute Gasteiger partial charge is 0.497 e. The molecule has 0 spiro atoms. The molecule has 1 fully saturated rings. The predicted molar refractivity (Wildman–Crippen MR) is 128 cm³/mol. The van der Waals surface area contributed by atoms with E-state index in [1.807, 2.05) is 35.0 Å². The number of nitrogens with zero attached hydrogens (tertiary/aromatic N) is 6. The van der Waals surface area contributed by atoms with Crippen LogP contribution in [-0.2, 0) is 6.54 Å². The highest BCUT2D eigenvalue weighted by atomic mass is 16.7. The van der Waals surface area contributed by atoms with Crippen LogP contribution in [0.3, 0.4) is 0 Å². The lowest BCUT2D eigenvalue weighted by atomic mass is 10.0. The van der Waals surface area contributed by atoms with Crippen molar-refractivity contribution in [2.75, 3.05) is 45.0 Å². The fourth-order valence-corrected chi connectivity index (χ4v) is 4.72. The average molecular weight is 465 g/mol. The number of tetrazole rings is 1. The van der Waals surface area contributed by atoms with Crippen molar-refractivity contribution in [3.05, 3.63) is 53.9 Å². The van der Waals surface area contributed by atoms with Gasteiger partial charge in [0.1, 0.15) is 5.75 Å². The topological polar surface area (TPSA) is 77.8 Å². The van der Waals surface area contributed by atoms with E-state index in [1.165, 1.54) is 5.69 Å². The molecule has 2 aromatic carbocycles. The van der Waals surface area contributed by atoms with Gasteiger partial charge in [-0.3, -0.25) is 4.90 Å². The van der Waals surface area contributed by atoms with Gasteiger partial charge in [-0.25, -0.2) is 4.68 Å². The zero-order chi connectivity index (χ0) is 23.5. The van der Waals surface area contributed by atoms with Crippen LogP contribution in [0, 0.1) is 5.92 Å². The van der Waals surface area contributed by atoms with Crippen molar-refractivity contribution in [2.45, 2.75) is 32.9 Å². The number of ether oxygens (including phenoxy) is 3. The summed E-state index contributed by atoms with van der Waals surface area (Å²) in [6.45, 7) is 9.22. The molecule has 0 bridgehead atoms. The number of aromatic nitrogens is 4. The molecule has 0 aliphatic carbocycles. The maximum atomic E-state index is 5.54. The molecule has 180 valence electrons. The number of anilines is 1. The molecule has 1 saturated heterocycles. The van der Waals surface area contributed by atoms with Gasteiger partial charge < -0.3 is 19.1 Å². The predicted octanol–water partition coefficient (Wildman–Crippen LogP) is 3.37. The van der Waals surface area contributed by atoms with Gasteiger partial charge in [0.05, 0.1) is 19.7 Å². The van der Waals surface area contributed by atoms with E-state index in [9.17, 15) is 0 Å². The average Bonchev–Trinajstić information content (AvgIpc) is 3.52. The Balaban J connectivity index is 1.30. The second-order valence-corrected chi connectivity index (χ2v) is 9.25. The normalized spacial score (nSPS) is 16.8. The van der Waals surface area contributed by atoms with E-state index in [2.05, 4.69) is 51.3 Å². The molecule has 0 N–H and O–H groups in total. The third-order valence-corrected chi connectivity index (χ3v) is 6.51. The summed E-state index contributed by atoms with van der Waals surface area (Å²) in [5.74, 6) is 3.90. The van der Waals surface area contributed by atoms with E-state index >= 15 is 0 Å². The minimum atomic E-state index is 0.169. The summed E-state index contributed by atoms with van der Waals surface area (Å²) in [5.41, 5.74) is 2.32. The van der Waals surface area contributed by atoms with Crippen molar-refractivity contribution in [1.82, 2.24) is 25.1 Å². The van der Waals surface area contributed by atoms with Crippen molar-refractivity contribution in [3.63, 3.8) is 0 Å². The Hall–Kier alpha value is -3.33. The van der Waals surface area contributed by atoms with E-state index in [1.54, 1.807) is 7.11 Å². The van der Waals surface area contributed by atoms with Gasteiger partial charge in [0.2, 0.25) is 6.79 Å². The van der Waals surface area contributed by atoms with Crippen LogP contribution in [0.4, 0.5) is 5.69 Å². The molecule has 0 unspecified atom stereocenters. The van der Waals surface area contributed by atoms with E-state index in [0.29, 0.717) is 12.5 Å². The highest BCUT2D eigenvalue weighted by Gasteiger charge is 2.30. The lowest BCUT2D eigenvalue weighted by molar-refractivity contribution is 0.153. The third kappa shape index (κ3) is 4.79. The van der Waals surface area contributed by atoms with E-state index in [4.69, 9.17) is 14.2 Å². The fraction of sp³-hybridized carbons (Fsp3) is 0.480. The van der Waals surface area contributed by atoms with Gasteiger partial charge in [0, 0.05) is 31.9 Å². The second kappa shape index (κ2) is 9.89. The number of fused-ring (bicyclic) bond motifs is 1. The van der Waals surface area contributed by atoms with E-state index in [-0.39, 0.29) is 12.8 Å². The van der Waals surface area contributed by atoms with Crippen LogP contribution in [0.25, 0.3) is 0 Å². The smallest absolute Gasteiger partial charge is 0.231 e. The Kier molecular flexibility index (Phi) is 6.53. The van der Waals surface area contributed by atoms with Crippen LogP contribution in [0.5, 0.6) is 17.2 Å². The molecule has 9 nitrogen and oxygen atoms in total. The first-order valence-corrected chi connectivity index (χ1v) is 11.9. The van der Waals surface area contributed by atoms with Gasteiger partial charge in [0.15, 0.2) is 17.3 Å². The van der Waals surface area contributed by atoms with Crippen LogP contribution in [0.15, 0.2) is 42.5 Å². The maximum Gasteiger partial charge on any atom is 0.231 e. The highest BCUT2D eigenvalue weighted by Crippen LogP contribution is 2.33. The Morgan fingerprint density at radius 1 is 0.971 bits per heavy atom. The van der Waals surface area contributed by atoms with Gasteiger partial charge in [-0.1, -0.05) is 19.9 Å². The number of rotatable bonds is 8. The molecule has 1 aromatic heterocycles. The minimum Gasteiger partial charge on any atom is -0.497 e. The molecule has 3 aromatic rings. The summed E-state index contributed by atoms with van der Waals surface area (Å²) < 4.78 is 18.2. The van der Waals surface area contributed by atoms with Gasteiger partial charge in [-0.2, -0.15) is 0 Å². The van der Waals surface area contributed by atoms with Crippen LogP contribution in [0.2, 0.25) is 0 Å². The number of methoxy groups -OCH3 is 1. The zero-order valence-electron chi connectivity index (χ0n) is 20.1. The van der Waals surface area contributed by atoms with Crippen LogP contribution >= 0.6 is 0 Å². The Bertz CT molecular complexity index is 1090. The van der Waals surface area contributed by atoms with Crippen LogP contribution in [0.1, 0.15) is 37.7 Å². The molecule has 2 aliphatic rings. The first-order valence-electron chi connectivity index (χ1n) is 11.9.